The van der Waals surface area contributed by atoms with Crippen molar-refractivity contribution < 1.29 is 24.0 Å². The number of rotatable bonds is 8. The molecule has 0 bridgehead atoms. The fourth-order valence-electron chi connectivity index (χ4n) is 2.88. The van der Waals surface area contributed by atoms with Gasteiger partial charge in [0.05, 0.1) is 16.7 Å². The molecule has 0 saturated carbocycles. The zero-order chi connectivity index (χ0) is 24.7. The van der Waals surface area contributed by atoms with Crippen LogP contribution in [-0.4, -0.2) is 29.1 Å². The lowest BCUT2D eigenvalue weighted by Gasteiger charge is -2.13. The summed E-state index contributed by atoms with van der Waals surface area (Å²) in [5, 5.41) is 15.0. The molecule has 10 heteroatoms. The Bertz CT molecular complexity index is 1260. The van der Waals surface area contributed by atoms with Crippen molar-refractivity contribution in [1.29, 1.82) is 0 Å². The van der Waals surface area contributed by atoms with E-state index >= 15 is 0 Å². The van der Waals surface area contributed by atoms with E-state index in [1.807, 2.05) is 19.1 Å². The second-order valence-corrected chi connectivity index (χ2v) is 8.02. The quantitative estimate of drug-likeness (QED) is 0.148. The molecule has 0 aliphatic rings. The van der Waals surface area contributed by atoms with Gasteiger partial charge in [-0.25, -0.2) is 10.2 Å². The van der Waals surface area contributed by atoms with E-state index in [-0.39, 0.29) is 17.2 Å². The van der Waals surface area contributed by atoms with Crippen molar-refractivity contribution in [1.82, 2.24) is 5.43 Å². The molecule has 1 unspecified atom stereocenters. The molecule has 0 saturated heterocycles. The zero-order valence-electron chi connectivity index (χ0n) is 18.2. The van der Waals surface area contributed by atoms with Crippen LogP contribution in [0.25, 0.3) is 0 Å². The van der Waals surface area contributed by atoms with Gasteiger partial charge < -0.3 is 9.47 Å². The van der Waals surface area contributed by atoms with Gasteiger partial charge in [-0.05, 0) is 49.7 Å². The number of nitro groups is 1. The van der Waals surface area contributed by atoms with Gasteiger partial charge in [0.1, 0.15) is 5.75 Å². The molecule has 1 N–H and O–H groups in total. The van der Waals surface area contributed by atoms with E-state index in [9.17, 15) is 19.7 Å². The molecule has 9 nitrogen and oxygen atoms in total. The summed E-state index contributed by atoms with van der Waals surface area (Å²) in [5.74, 6) is -0.927. The third-order valence-corrected chi connectivity index (χ3v) is 5.15. The van der Waals surface area contributed by atoms with Gasteiger partial charge in [-0.1, -0.05) is 46.3 Å². The largest absolute Gasteiger partial charge is 0.474 e. The first-order valence-corrected chi connectivity index (χ1v) is 10.9. The maximum absolute atomic E-state index is 12.6. The third-order valence-electron chi connectivity index (χ3n) is 4.65. The van der Waals surface area contributed by atoms with E-state index in [1.54, 1.807) is 36.4 Å². The van der Waals surface area contributed by atoms with Crippen LogP contribution in [0.15, 0.2) is 76.3 Å². The van der Waals surface area contributed by atoms with E-state index in [4.69, 9.17) is 9.47 Å². The molecule has 3 rings (SSSR count). The summed E-state index contributed by atoms with van der Waals surface area (Å²) >= 11 is 3.35. The Morgan fingerprint density at radius 3 is 2.53 bits per heavy atom. The number of carbonyl (C=O) groups excluding carboxylic acids is 2. The van der Waals surface area contributed by atoms with Crippen LogP contribution in [0, 0.1) is 17.0 Å². The smallest absolute Gasteiger partial charge is 0.343 e. The van der Waals surface area contributed by atoms with Crippen LogP contribution in [0.3, 0.4) is 0 Å². The molecule has 34 heavy (non-hydrogen) atoms. The second-order valence-electron chi connectivity index (χ2n) is 7.11. The molecule has 0 fully saturated rings. The summed E-state index contributed by atoms with van der Waals surface area (Å²) in [7, 11) is 0. The number of nitro benzene ring substituents is 1. The van der Waals surface area contributed by atoms with Crippen molar-refractivity contribution in [3.63, 3.8) is 0 Å². The van der Waals surface area contributed by atoms with Crippen LogP contribution in [0.1, 0.15) is 28.4 Å². The highest BCUT2D eigenvalue weighted by Gasteiger charge is 2.20. The van der Waals surface area contributed by atoms with E-state index in [2.05, 4.69) is 26.5 Å². The van der Waals surface area contributed by atoms with Gasteiger partial charge in [0.2, 0.25) is 0 Å². The van der Waals surface area contributed by atoms with E-state index in [0.29, 0.717) is 15.6 Å². The number of hydrogen-bond acceptors (Lipinski definition) is 7. The number of carbonyl (C=O) groups is 2. The third kappa shape index (κ3) is 6.26. The standard InChI is InChI=1S/C24H20BrN3O6/c1-15-7-3-4-8-19(15)24(30)34-21-12-11-18(25)13-17(21)14-26-27-23(29)16(2)33-22-10-6-5-9-20(22)28(31)32/h3-14,16H,1-2H3,(H,27,29)/b26-14+. The van der Waals surface area contributed by atoms with Gasteiger partial charge in [-0.2, -0.15) is 5.10 Å². The average Bonchev–Trinajstić information content (AvgIpc) is 2.81. The number of para-hydroxylation sites is 2. The van der Waals surface area contributed by atoms with Crippen molar-refractivity contribution >= 4 is 39.7 Å². The van der Waals surface area contributed by atoms with Crippen molar-refractivity contribution in [2.45, 2.75) is 20.0 Å². The lowest BCUT2D eigenvalue weighted by Crippen LogP contribution is -2.33. The molecule has 1 atom stereocenters. The molecule has 0 aliphatic heterocycles. The first-order chi connectivity index (χ1) is 16.3. The Labute approximate surface area is 203 Å². The van der Waals surface area contributed by atoms with Crippen LogP contribution < -0.4 is 14.9 Å². The molecule has 1 amide bonds. The van der Waals surface area contributed by atoms with Gasteiger partial charge in [-0.3, -0.25) is 14.9 Å². The monoisotopic (exact) mass is 525 g/mol. The maximum Gasteiger partial charge on any atom is 0.343 e. The molecule has 3 aromatic rings. The fraction of sp³-hybridized carbons (Fsp3) is 0.125. The number of hydrazone groups is 1. The lowest BCUT2D eigenvalue weighted by atomic mass is 10.1. The molecular formula is C24H20BrN3O6. The molecule has 0 aromatic heterocycles. The number of amides is 1. The first-order valence-electron chi connectivity index (χ1n) is 10.1. The van der Waals surface area contributed by atoms with E-state index < -0.39 is 22.9 Å². The Hall–Kier alpha value is -4.05. The number of benzene rings is 3. The van der Waals surface area contributed by atoms with Crippen LogP contribution in [0.5, 0.6) is 11.5 Å². The summed E-state index contributed by atoms with van der Waals surface area (Å²) in [6, 6.07) is 17.8. The van der Waals surface area contributed by atoms with Crippen LogP contribution in [-0.2, 0) is 4.79 Å². The van der Waals surface area contributed by atoms with Gasteiger partial charge in [-0.15, -0.1) is 0 Å². The Balaban J connectivity index is 1.69. The summed E-state index contributed by atoms with van der Waals surface area (Å²) in [4.78, 5) is 35.5. The number of nitrogens with one attached hydrogen (secondary N) is 1. The number of nitrogens with zero attached hydrogens (tertiary/aromatic N) is 2. The van der Waals surface area contributed by atoms with E-state index in [0.717, 1.165) is 5.56 Å². The highest BCUT2D eigenvalue weighted by Crippen LogP contribution is 2.27. The highest BCUT2D eigenvalue weighted by molar-refractivity contribution is 9.10. The number of ether oxygens (including phenoxy) is 2. The SMILES string of the molecule is Cc1ccccc1C(=O)Oc1ccc(Br)cc1/C=N/NC(=O)C(C)Oc1ccccc1[N+](=O)[O-]. The van der Waals surface area contributed by atoms with Gasteiger partial charge in [0.15, 0.2) is 11.9 Å². The minimum absolute atomic E-state index is 0.0310. The van der Waals surface area contributed by atoms with Crippen LogP contribution >= 0.6 is 15.9 Å². The zero-order valence-corrected chi connectivity index (χ0v) is 19.8. The normalized spacial score (nSPS) is 11.6. The molecule has 0 heterocycles. The predicted octanol–water partition coefficient (Wildman–Crippen LogP) is 4.80. The molecule has 3 aromatic carbocycles. The van der Waals surface area contributed by atoms with E-state index in [1.165, 1.54) is 31.3 Å². The fourth-order valence-corrected chi connectivity index (χ4v) is 3.26. The lowest BCUT2D eigenvalue weighted by molar-refractivity contribution is -0.386. The van der Waals surface area contributed by atoms with Crippen LogP contribution in [0.2, 0.25) is 0 Å². The highest BCUT2D eigenvalue weighted by atomic mass is 79.9. The number of hydrogen-bond donors (Lipinski definition) is 1. The summed E-state index contributed by atoms with van der Waals surface area (Å²) in [6.07, 6.45) is 0.264. The van der Waals surface area contributed by atoms with Gasteiger partial charge >= 0.3 is 11.7 Å². The number of esters is 1. The Morgan fingerprint density at radius 1 is 1.09 bits per heavy atom. The molecular weight excluding hydrogens is 506 g/mol. The Morgan fingerprint density at radius 2 is 1.79 bits per heavy atom. The molecule has 0 spiro atoms. The van der Waals surface area contributed by atoms with Gasteiger partial charge in [0, 0.05) is 16.1 Å². The van der Waals surface area contributed by atoms with Crippen molar-refractivity contribution in [2.75, 3.05) is 0 Å². The number of aryl methyl sites for hydroxylation is 1. The summed E-state index contributed by atoms with van der Waals surface area (Å²) in [6.45, 7) is 3.25. The number of halogens is 1. The minimum atomic E-state index is -1.06. The topological polar surface area (TPSA) is 120 Å². The molecule has 0 radical (unpaired) electrons. The predicted molar refractivity (Wildman–Crippen MR) is 129 cm³/mol. The van der Waals surface area contributed by atoms with Crippen molar-refractivity contribution in [3.8, 4) is 11.5 Å². The summed E-state index contributed by atoms with van der Waals surface area (Å²) in [5.41, 5.74) is 3.72. The Kier molecular flexibility index (Phi) is 8.10. The molecule has 174 valence electrons. The first kappa shape index (κ1) is 24.6. The summed E-state index contributed by atoms with van der Waals surface area (Å²) < 4.78 is 11.7. The van der Waals surface area contributed by atoms with Crippen LogP contribution in [0.4, 0.5) is 5.69 Å². The maximum atomic E-state index is 12.6. The van der Waals surface area contributed by atoms with Crippen molar-refractivity contribution in [3.05, 3.63) is 98.0 Å². The second kappa shape index (κ2) is 11.2. The molecule has 0 aliphatic carbocycles. The average molecular weight is 526 g/mol. The van der Waals surface area contributed by atoms with Crippen molar-refractivity contribution in [2.24, 2.45) is 5.10 Å². The van der Waals surface area contributed by atoms with Gasteiger partial charge in [0.25, 0.3) is 5.91 Å². The minimum Gasteiger partial charge on any atom is -0.474 e.